The molecule has 9 nitrogen and oxygen atoms in total. The quantitative estimate of drug-likeness (QED) is 0.326. The molecule has 3 N–H and O–H groups in total. The second kappa shape index (κ2) is 11.6. The maximum absolute atomic E-state index is 11.9. The van der Waals surface area contributed by atoms with Crippen molar-refractivity contribution in [2.24, 2.45) is 0 Å². The van der Waals surface area contributed by atoms with Crippen molar-refractivity contribution in [2.75, 3.05) is 49.7 Å². The molecule has 1 saturated heterocycles. The number of carbonyl (C=O) groups excluding carboxylic acids is 1. The third kappa shape index (κ3) is 5.97. The van der Waals surface area contributed by atoms with Crippen LogP contribution in [-0.4, -0.2) is 61.1 Å². The minimum atomic E-state index is 0.192. The normalized spacial score (nSPS) is 13.8. The lowest BCUT2D eigenvalue weighted by Crippen LogP contribution is -2.45. The summed E-state index contributed by atoms with van der Waals surface area (Å²) in [5, 5.41) is 3.22. The van der Waals surface area contributed by atoms with E-state index in [1.54, 1.807) is 7.11 Å². The van der Waals surface area contributed by atoms with Gasteiger partial charge in [0.05, 0.1) is 7.11 Å². The van der Waals surface area contributed by atoms with E-state index in [1.165, 1.54) is 6.33 Å². The number of rotatable bonds is 10. The lowest BCUT2D eigenvalue weighted by Gasteiger charge is -2.37. The van der Waals surface area contributed by atoms with Gasteiger partial charge in [0, 0.05) is 50.2 Å². The van der Waals surface area contributed by atoms with Gasteiger partial charge in [-0.15, -0.1) is 0 Å². The molecular weight excluding hydrogens is 456 g/mol. The lowest BCUT2D eigenvalue weighted by atomic mass is 10.0. The number of nitrogens with one attached hydrogen (secondary N) is 1. The van der Waals surface area contributed by atoms with E-state index in [1.807, 2.05) is 61.3 Å². The molecule has 190 valence electrons. The highest BCUT2D eigenvalue weighted by Crippen LogP contribution is 2.28. The van der Waals surface area contributed by atoms with Gasteiger partial charge in [0.2, 0.25) is 12.3 Å². The Hall–Kier alpha value is -4.01. The summed E-state index contributed by atoms with van der Waals surface area (Å²) in [7, 11) is 3.56. The molecule has 0 aliphatic carbocycles. The Labute approximate surface area is 212 Å². The zero-order valence-corrected chi connectivity index (χ0v) is 21.1. The molecular formula is C27H34N6O3. The number of hydrogen-bond acceptors (Lipinski definition) is 8. The van der Waals surface area contributed by atoms with Crippen LogP contribution in [0.1, 0.15) is 24.0 Å². The molecule has 1 aliphatic rings. The SMILES string of the molecule is CNc1ccc(OC)cc1CCN(C=O)C1CCN(c2cc(Oc3ccc(N)c(C)c3)ncn2)CC1. The molecule has 1 fully saturated rings. The average Bonchev–Trinajstić information content (AvgIpc) is 2.91. The molecule has 0 atom stereocenters. The summed E-state index contributed by atoms with van der Waals surface area (Å²) in [5.41, 5.74) is 9.76. The summed E-state index contributed by atoms with van der Waals surface area (Å²) < 4.78 is 11.3. The van der Waals surface area contributed by atoms with E-state index in [0.717, 1.165) is 72.8 Å². The molecule has 4 rings (SSSR count). The summed E-state index contributed by atoms with van der Waals surface area (Å²) in [6.07, 6.45) is 4.99. The number of aryl methyl sites for hydroxylation is 1. The van der Waals surface area contributed by atoms with Crippen molar-refractivity contribution in [3.8, 4) is 17.4 Å². The van der Waals surface area contributed by atoms with Crippen molar-refractivity contribution in [2.45, 2.75) is 32.2 Å². The van der Waals surface area contributed by atoms with Gasteiger partial charge in [-0.05, 0) is 73.7 Å². The van der Waals surface area contributed by atoms with Gasteiger partial charge in [0.25, 0.3) is 0 Å². The van der Waals surface area contributed by atoms with Crippen molar-refractivity contribution in [1.29, 1.82) is 0 Å². The van der Waals surface area contributed by atoms with E-state index in [0.29, 0.717) is 18.2 Å². The number of hydrogen-bond donors (Lipinski definition) is 2. The van der Waals surface area contributed by atoms with E-state index in [-0.39, 0.29) is 6.04 Å². The number of methoxy groups -OCH3 is 1. The van der Waals surface area contributed by atoms with Crippen LogP contribution in [-0.2, 0) is 11.2 Å². The maximum Gasteiger partial charge on any atom is 0.224 e. The van der Waals surface area contributed by atoms with Gasteiger partial charge in [0.15, 0.2) is 0 Å². The van der Waals surface area contributed by atoms with E-state index >= 15 is 0 Å². The number of nitrogen functional groups attached to an aromatic ring is 1. The molecule has 0 spiro atoms. The number of benzene rings is 2. The molecule has 0 radical (unpaired) electrons. The van der Waals surface area contributed by atoms with Crippen molar-refractivity contribution in [3.05, 3.63) is 59.9 Å². The van der Waals surface area contributed by atoms with Crippen molar-refractivity contribution in [1.82, 2.24) is 14.9 Å². The average molecular weight is 491 g/mol. The van der Waals surface area contributed by atoms with Crippen LogP contribution in [0.4, 0.5) is 17.2 Å². The van der Waals surface area contributed by atoms with Gasteiger partial charge >= 0.3 is 0 Å². The first-order valence-corrected chi connectivity index (χ1v) is 12.2. The third-order valence-corrected chi connectivity index (χ3v) is 6.71. The minimum Gasteiger partial charge on any atom is -0.497 e. The Balaban J connectivity index is 1.34. The molecule has 9 heteroatoms. The number of aromatic nitrogens is 2. The standard InChI is InChI=1S/C27H34N6O3/c1-19-14-23(4-6-24(19)28)36-27-16-26(30-17-31-27)32-12-9-21(10-13-32)33(18-34)11-8-20-15-22(35-3)5-7-25(20)29-2/h4-7,14-18,21,29H,8-13,28H2,1-3H3. The minimum absolute atomic E-state index is 0.192. The fraction of sp³-hybridized carbons (Fsp3) is 0.370. The second-order valence-corrected chi connectivity index (χ2v) is 8.92. The fourth-order valence-electron chi connectivity index (χ4n) is 4.54. The highest BCUT2D eigenvalue weighted by Gasteiger charge is 2.25. The second-order valence-electron chi connectivity index (χ2n) is 8.92. The van der Waals surface area contributed by atoms with Crippen LogP contribution in [0.5, 0.6) is 17.4 Å². The molecule has 1 aliphatic heterocycles. The van der Waals surface area contributed by atoms with Crippen molar-refractivity contribution >= 4 is 23.6 Å². The molecule has 0 saturated carbocycles. The molecule has 2 heterocycles. The molecule has 1 amide bonds. The zero-order valence-electron chi connectivity index (χ0n) is 21.1. The number of anilines is 3. The van der Waals surface area contributed by atoms with Crippen molar-refractivity contribution < 1.29 is 14.3 Å². The molecule has 3 aromatic rings. The highest BCUT2D eigenvalue weighted by molar-refractivity contribution is 5.55. The number of carbonyl (C=O) groups is 1. The Morgan fingerprint density at radius 1 is 1.14 bits per heavy atom. The summed E-state index contributed by atoms with van der Waals surface area (Å²) in [4.78, 5) is 24.8. The number of piperidine rings is 1. The first-order chi connectivity index (χ1) is 17.5. The van der Waals surface area contributed by atoms with E-state index in [9.17, 15) is 4.79 Å². The van der Waals surface area contributed by atoms with Gasteiger partial charge in [-0.2, -0.15) is 0 Å². The Bertz CT molecular complexity index is 1180. The Kier molecular flexibility index (Phi) is 8.10. The summed E-state index contributed by atoms with van der Waals surface area (Å²) in [6.45, 7) is 4.19. The number of nitrogens with zero attached hydrogens (tertiary/aromatic N) is 4. The van der Waals surface area contributed by atoms with Gasteiger partial charge in [0.1, 0.15) is 23.6 Å². The Morgan fingerprint density at radius 2 is 1.92 bits per heavy atom. The van der Waals surface area contributed by atoms with E-state index in [2.05, 4.69) is 20.2 Å². The maximum atomic E-state index is 11.9. The largest absolute Gasteiger partial charge is 0.497 e. The molecule has 36 heavy (non-hydrogen) atoms. The lowest BCUT2D eigenvalue weighted by molar-refractivity contribution is -0.120. The van der Waals surface area contributed by atoms with Gasteiger partial charge < -0.3 is 30.3 Å². The fourth-order valence-corrected chi connectivity index (χ4v) is 4.54. The zero-order chi connectivity index (χ0) is 25.5. The van der Waals surface area contributed by atoms with Crippen molar-refractivity contribution in [3.63, 3.8) is 0 Å². The van der Waals surface area contributed by atoms with Crippen LogP contribution in [0, 0.1) is 6.92 Å². The Morgan fingerprint density at radius 3 is 2.61 bits per heavy atom. The first-order valence-electron chi connectivity index (χ1n) is 12.2. The molecule has 1 aromatic heterocycles. The van der Waals surface area contributed by atoms with Crippen LogP contribution >= 0.6 is 0 Å². The van der Waals surface area contributed by atoms with Crippen LogP contribution < -0.4 is 25.4 Å². The number of ether oxygens (including phenoxy) is 2. The van der Waals surface area contributed by atoms with Gasteiger partial charge in [-0.3, -0.25) is 4.79 Å². The topological polar surface area (TPSA) is 106 Å². The smallest absolute Gasteiger partial charge is 0.224 e. The van der Waals surface area contributed by atoms with E-state index < -0.39 is 0 Å². The molecule has 0 unspecified atom stereocenters. The first kappa shape index (κ1) is 25.1. The molecule has 0 bridgehead atoms. The monoisotopic (exact) mass is 490 g/mol. The predicted octanol–water partition coefficient (Wildman–Crippen LogP) is 3.88. The van der Waals surface area contributed by atoms with Crippen LogP contribution in [0.25, 0.3) is 0 Å². The van der Waals surface area contributed by atoms with Crippen LogP contribution in [0.15, 0.2) is 48.8 Å². The van der Waals surface area contributed by atoms with E-state index in [4.69, 9.17) is 15.2 Å². The van der Waals surface area contributed by atoms with Crippen LogP contribution in [0.3, 0.4) is 0 Å². The predicted molar refractivity (Wildman–Crippen MR) is 142 cm³/mol. The van der Waals surface area contributed by atoms with Gasteiger partial charge in [-0.1, -0.05) is 0 Å². The molecule has 2 aromatic carbocycles. The number of amides is 1. The third-order valence-electron chi connectivity index (χ3n) is 6.71. The number of nitrogens with two attached hydrogens (primary N) is 1. The summed E-state index contributed by atoms with van der Waals surface area (Å²) >= 11 is 0. The summed E-state index contributed by atoms with van der Waals surface area (Å²) in [5.74, 6) is 2.80. The highest BCUT2D eigenvalue weighted by atomic mass is 16.5. The summed E-state index contributed by atoms with van der Waals surface area (Å²) in [6, 6.07) is 13.6. The van der Waals surface area contributed by atoms with Gasteiger partial charge in [-0.25, -0.2) is 9.97 Å². The van der Waals surface area contributed by atoms with Crippen LogP contribution in [0.2, 0.25) is 0 Å².